The molecule has 0 unspecified atom stereocenters. The molecule has 1 aliphatic rings. The van der Waals surface area contributed by atoms with Crippen molar-refractivity contribution in [2.45, 2.75) is 59.3 Å². The van der Waals surface area contributed by atoms with E-state index in [9.17, 15) is 0 Å². The molecule has 0 aromatic rings. The van der Waals surface area contributed by atoms with Gasteiger partial charge in [-0.1, -0.05) is 45.3 Å². The van der Waals surface area contributed by atoms with Crippen LogP contribution in [0.3, 0.4) is 0 Å². The summed E-state index contributed by atoms with van der Waals surface area (Å²) in [7, 11) is 0. The van der Waals surface area contributed by atoms with Gasteiger partial charge in [-0.2, -0.15) is 0 Å². The van der Waals surface area contributed by atoms with Crippen LogP contribution >= 0.6 is 0 Å². The summed E-state index contributed by atoms with van der Waals surface area (Å²) in [6.07, 6.45) is 11.0. The average molecular weight is 180 g/mol. The van der Waals surface area contributed by atoms with E-state index >= 15 is 0 Å². The van der Waals surface area contributed by atoms with Crippen molar-refractivity contribution in [3.05, 3.63) is 11.6 Å². The second kappa shape index (κ2) is 5.47. The Morgan fingerprint density at radius 3 is 2.38 bits per heavy atom. The fourth-order valence-electron chi connectivity index (χ4n) is 2.38. The Morgan fingerprint density at radius 1 is 1.31 bits per heavy atom. The van der Waals surface area contributed by atoms with Crippen molar-refractivity contribution in [1.82, 2.24) is 0 Å². The summed E-state index contributed by atoms with van der Waals surface area (Å²) in [5.74, 6) is 1.78. The SMILES string of the molecule is CCCC1CCC(=CC(C)C)CC1. The normalized spacial score (nSPS) is 23.7. The van der Waals surface area contributed by atoms with Crippen LogP contribution < -0.4 is 0 Å². The van der Waals surface area contributed by atoms with Gasteiger partial charge in [-0.15, -0.1) is 0 Å². The van der Waals surface area contributed by atoms with Gasteiger partial charge in [0.2, 0.25) is 0 Å². The van der Waals surface area contributed by atoms with Crippen LogP contribution in [0.25, 0.3) is 0 Å². The zero-order valence-corrected chi connectivity index (χ0v) is 9.47. The maximum absolute atomic E-state index is 2.47. The molecule has 0 radical (unpaired) electrons. The molecule has 0 aliphatic heterocycles. The lowest BCUT2D eigenvalue weighted by Crippen LogP contribution is -2.08. The molecule has 76 valence electrons. The first-order chi connectivity index (χ1) is 6.22. The van der Waals surface area contributed by atoms with E-state index in [-0.39, 0.29) is 0 Å². The van der Waals surface area contributed by atoms with Crippen LogP contribution in [0.4, 0.5) is 0 Å². The zero-order chi connectivity index (χ0) is 9.68. The smallest absolute Gasteiger partial charge is 0.0288 e. The summed E-state index contributed by atoms with van der Waals surface area (Å²) >= 11 is 0. The topological polar surface area (TPSA) is 0 Å². The molecule has 0 N–H and O–H groups in total. The van der Waals surface area contributed by atoms with Crippen molar-refractivity contribution in [2.75, 3.05) is 0 Å². The van der Waals surface area contributed by atoms with Crippen molar-refractivity contribution in [1.29, 1.82) is 0 Å². The highest BCUT2D eigenvalue weighted by Crippen LogP contribution is 2.31. The van der Waals surface area contributed by atoms with Gasteiger partial charge in [0.05, 0.1) is 0 Å². The summed E-state index contributed by atoms with van der Waals surface area (Å²) < 4.78 is 0. The molecule has 0 amide bonds. The van der Waals surface area contributed by atoms with Gasteiger partial charge in [-0.05, 0) is 37.5 Å². The van der Waals surface area contributed by atoms with Gasteiger partial charge < -0.3 is 0 Å². The van der Waals surface area contributed by atoms with E-state index < -0.39 is 0 Å². The van der Waals surface area contributed by atoms with Crippen molar-refractivity contribution in [2.24, 2.45) is 11.8 Å². The van der Waals surface area contributed by atoms with E-state index in [0.29, 0.717) is 0 Å². The molecule has 0 atom stereocenters. The molecule has 0 spiro atoms. The first kappa shape index (κ1) is 10.8. The fraction of sp³-hybridized carbons (Fsp3) is 0.846. The lowest BCUT2D eigenvalue weighted by Gasteiger charge is -2.23. The van der Waals surface area contributed by atoms with Crippen molar-refractivity contribution < 1.29 is 0 Å². The van der Waals surface area contributed by atoms with E-state index in [1.54, 1.807) is 5.57 Å². The Balaban J connectivity index is 2.30. The lowest BCUT2D eigenvalue weighted by atomic mass is 9.82. The molecule has 0 aromatic heterocycles. The highest BCUT2D eigenvalue weighted by Gasteiger charge is 2.15. The third kappa shape index (κ3) is 3.97. The summed E-state index contributed by atoms with van der Waals surface area (Å²) in [5, 5.41) is 0. The first-order valence-electron chi connectivity index (χ1n) is 5.92. The molecule has 0 heteroatoms. The van der Waals surface area contributed by atoms with E-state index in [2.05, 4.69) is 26.8 Å². The molecule has 0 aromatic carbocycles. The van der Waals surface area contributed by atoms with Crippen molar-refractivity contribution >= 4 is 0 Å². The van der Waals surface area contributed by atoms with Crippen LogP contribution in [-0.4, -0.2) is 0 Å². The maximum atomic E-state index is 2.47. The summed E-state index contributed by atoms with van der Waals surface area (Å²) in [6.45, 7) is 6.87. The Morgan fingerprint density at radius 2 is 1.92 bits per heavy atom. The number of rotatable bonds is 3. The van der Waals surface area contributed by atoms with E-state index in [4.69, 9.17) is 0 Å². The molecule has 1 aliphatic carbocycles. The molecular weight excluding hydrogens is 156 g/mol. The van der Waals surface area contributed by atoms with Gasteiger partial charge >= 0.3 is 0 Å². The minimum Gasteiger partial charge on any atom is -0.0828 e. The van der Waals surface area contributed by atoms with E-state index in [1.807, 2.05) is 0 Å². The third-order valence-corrected chi connectivity index (χ3v) is 3.01. The second-order valence-electron chi connectivity index (χ2n) is 4.80. The molecular formula is C13H24. The zero-order valence-electron chi connectivity index (χ0n) is 9.47. The van der Waals surface area contributed by atoms with Gasteiger partial charge in [0.1, 0.15) is 0 Å². The molecule has 1 saturated carbocycles. The van der Waals surface area contributed by atoms with Gasteiger partial charge in [0.25, 0.3) is 0 Å². The molecule has 1 fully saturated rings. The van der Waals surface area contributed by atoms with Crippen LogP contribution in [0.1, 0.15) is 59.3 Å². The van der Waals surface area contributed by atoms with Gasteiger partial charge in [-0.3, -0.25) is 0 Å². The third-order valence-electron chi connectivity index (χ3n) is 3.01. The molecule has 0 heterocycles. The van der Waals surface area contributed by atoms with Crippen LogP contribution in [-0.2, 0) is 0 Å². The van der Waals surface area contributed by atoms with Crippen LogP contribution in [0, 0.1) is 11.8 Å². The van der Waals surface area contributed by atoms with E-state index in [1.165, 1.54) is 38.5 Å². The Bertz CT molecular complexity index is 155. The van der Waals surface area contributed by atoms with Crippen molar-refractivity contribution in [3.63, 3.8) is 0 Å². The molecule has 0 saturated heterocycles. The highest BCUT2D eigenvalue weighted by molar-refractivity contribution is 5.06. The Kier molecular flexibility index (Phi) is 4.55. The minimum absolute atomic E-state index is 0.748. The van der Waals surface area contributed by atoms with Gasteiger partial charge in [-0.25, -0.2) is 0 Å². The lowest BCUT2D eigenvalue weighted by molar-refractivity contribution is 0.379. The number of hydrogen-bond donors (Lipinski definition) is 0. The number of hydrogen-bond acceptors (Lipinski definition) is 0. The van der Waals surface area contributed by atoms with Crippen molar-refractivity contribution in [3.8, 4) is 0 Å². The maximum Gasteiger partial charge on any atom is -0.0288 e. The summed E-state index contributed by atoms with van der Waals surface area (Å²) in [4.78, 5) is 0. The average Bonchev–Trinajstić information content (AvgIpc) is 2.08. The number of allylic oxidation sites excluding steroid dienone is 2. The van der Waals surface area contributed by atoms with Crippen LogP contribution in [0.15, 0.2) is 11.6 Å². The Hall–Kier alpha value is -0.260. The molecule has 0 nitrogen and oxygen atoms in total. The summed E-state index contributed by atoms with van der Waals surface area (Å²) in [5.41, 5.74) is 1.72. The predicted octanol–water partition coefficient (Wildman–Crippen LogP) is 4.56. The highest BCUT2D eigenvalue weighted by atomic mass is 14.2. The first-order valence-corrected chi connectivity index (χ1v) is 5.92. The second-order valence-corrected chi connectivity index (χ2v) is 4.80. The fourth-order valence-corrected chi connectivity index (χ4v) is 2.38. The monoisotopic (exact) mass is 180 g/mol. The minimum atomic E-state index is 0.748. The summed E-state index contributed by atoms with van der Waals surface area (Å²) in [6, 6.07) is 0. The molecule has 13 heavy (non-hydrogen) atoms. The predicted molar refractivity (Wildman–Crippen MR) is 59.8 cm³/mol. The van der Waals surface area contributed by atoms with Gasteiger partial charge in [0.15, 0.2) is 0 Å². The standard InChI is InChI=1S/C13H24/c1-4-5-12-6-8-13(9-7-12)10-11(2)3/h10-12H,4-9H2,1-3H3. The van der Waals surface area contributed by atoms with Crippen LogP contribution in [0.2, 0.25) is 0 Å². The quantitative estimate of drug-likeness (QED) is 0.558. The molecule has 0 bridgehead atoms. The Labute approximate surface area is 83.4 Å². The molecule has 1 rings (SSSR count). The van der Waals surface area contributed by atoms with E-state index in [0.717, 1.165) is 11.8 Å². The van der Waals surface area contributed by atoms with Crippen LogP contribution in [0.5, 0.6) is 0 Å². The largest absolute Gasteiger partial charge is 0.0828 e. The van der Waals surface area contributed by atoms with Gasteiger partial charge in [0, 0.05) is 0 Å².